The Labute approximate surface area is 196 Å². The van der Waals surface area contributed by atoms with E-state index in [1.807, 2.05) is 59.3 Å². The Balaban J connectivity index is 1.91. The normalized spacial score (nSPS) is 11.6. The number of carbonyl (C=O) groups excluding carboxylic acids is 1. The van der Waals surface area contributed by atoms with Crippen molar-refractivity contribution in [3.05, 3.63) is 65.9 Å². The standard InChI is InChI=1S/C27H34N2O4/c1-19(2)17-32-25-9-7-8-22(14-25)26-15-23(18-33-27(4,5)20(3)30)28-29(26)16-21-10-12-24(31-6)13-11-21/h7-15,19H,16-18H2,1-6H3. The van der Waals surface area contributed by atoms with Gasteiger partial charge in [-0.1, -0.05) is 38.1 Å². The van der Waals surface area contributed by atoms with Crippen molar-refractivity contribution >= 4 is 5.78 Å². The van der Waals surface area contributed by atoms with Crippen LogP contribution in [0.5, 0.6) is 11.5 Å². The second-order valence-corrected chi connectivity index (χ2v) is 9.11. The van der Waals surface area contributed by atoms with Crippen LogP contribution in [-0.4, -0.2) is 34.9 Å². The average Bonchev–Trinajstić information content (AvgIpc) is 3.19. The van der Waals surface area contributed by atoms with Gasteiger partial charge < -0.3 is 14.2 Å². The van der Waals surface area contributed by atoms with E-state index in [9.17, 15) is 4.79 Å². The van der Waals surface area contributed by atoms with Crippen LogP contribution in [0.3, 0.4) is 0 Å². The minimum Gasteiger partial charge on any atom is -0.497 e. The van der Waals surface area contributed by atoms with E-state index in [0.717, 1.165) is 34.0 Å². The Morgan fingerprint density at radius 2 is 1.79 bits per heavy atom. The van der Waals surface area contributed by atoms with Crippen molar-refractivity contribution in [1.29, 1.82) is 0 Å². The summed E-state index contributed by atoms with van der Waals surface area (Å²) in [6, 6.07) is 18.0. The predicted molar refractivity (Wildman–Crippen MR) is 130 cm³/mol. The quantitative estimate of drug-likeness (QED) is 0.385. The average molecular weight is 451 g/mol. The van der Waals surface area contributed by atoms with Crippen molar-refractivity contribution in [2.75, 3.05) is 13.7 Å². The predicted octanol–water partition coefficient (Wildman–Crippen LogP) is 5.53. The van der Waals surface area contributed by atoms with E-state index in [-0.39, 0.29) is 12.4 Å². The van der Waals surface area contributed by atoms with Crippen molar-refractivity contribution < 1.29 is 19.0 Å². The maximum Gasteiger partial charge on any atom is 0.161 e. The molecule has 6 nitrogen and oxygen atoms in total. The molecule has 0 saturated carbocycles. The van der Waals surface area contributed by atoms with Gasteiger partial charge in [0.15, 0.2) is 5.78 Å². The van der Waals surface area contributed by atoms with Crippen molar-refractivity contribution in [3.8, 4) is 22.8 Å². The zero-order chi connectivity index (χ0) is 24.0. The molecule has 3 aromatic rings. The second kappa shape index (κ2) is 10.7. The zero-order valence-corrected chi connectivity index (χ0v) is 20.4. The molecule has 0 spiro atoms. The van der Waals surface area contributed by atoms with Gasteiger partial charge in [0.25, 0.3) is 0 Å². The summed E-state index contributed by atoms with van der Waals surface area (Å²) in [4.78, 5) is 11.8. The molecular weight excluding hydrogens is 416 g/mol. The summed E-state index contributed by atoms with van der Waals surface area (Å²) in [6.45, 7) is 10.8. The maximum atomic E-state index is 11.8. The monoisotopic (exact) mass is 450 g/mol. The second-order valence-electron chi connectivity index (χ2n) is 9.11. The van der Waals surface area contributed by atoms with E-state index in [4.69, 9.17) is 19.3 Å². The van der Waals surface area contributed by atoms with Gasteiger partial charge in [-0.15, -0.1) is 0 Å². The Hall–Kier alpha value is -3.12. The van der Waals surface area contributed by atoms with Gasteiger partial charge in [0, 0.05) is 5.56 Å². The topological polar surface area (TPSA) is 62.6 Å². The molecule has 0 aliphatic heterocycles. The number of hydrogen-bond donors (Lipinski definition) is 0. The number of methoxy groups -OCH3 is 1. The van der Waals surface area contributed by atoms with Crippen LogP contribution in [-0.2, 0) is 22.7 Å². The fourth-order valence-corrected chi connectivity index (χ4v) is 3.16. The Morgan fingerprint density at radius 1 is 1.06 bits per heavy atom. The van der Waals surface area contributed by atoms with Crippen LogP contribution in [0.25, 0.3) is 11.3 Å². The third-order valence-corrected chi connectivity index (χ3v) is 5.46. The fraction of sp³-hybridized carbons (Fsp3) is 0.407. The summed E-state index contributed by atoms with van der Waals surface area (Å²) >= 11 is 0. The zero-order valence-electron chi connectivity index (χ0n) is 20.4. The number of benzene rings is 2. The smallest absolute Gasteiger partial charge is 0.161 e. The molecule has 0 aliphatic carbocycles. The van der Waals surface area contributed by atoms with Crippen LogP contribution in [0.4, 0.5) is 0 Å². The summed E-state index contributed by atoms with van der Waals surface area (Å²) in [7, 11) is 1.66. The lowest BCUT2D eigenvalue weighted by molar-refractivity contribution is -0.139. The van der Waals surface area contributed by atoms with Crippen LogP contribution >= 0.6 is 0 Å². The lowest BCUT2D eigenvalue weighted by Gasteiger charge is -2.21. The van der Waals surface area contributed by atoms with Crippen LogP contribution in [0.2, 0.25) is 0 Å². The maximum absolute atomic E-state index is 11.8. The molecule has 0 N–H and O–H groups in total. The molecule has 1 aromatic heterocycles. The first-order valence-electron chi connectivity index (χ1n) is 11.3. The number of ether oxygens (including phenoxy) is 3. The van der Waals surface area contributed by atoms with Crippen molar-refractivity contribution in [3.63, 3.8) is 0 Å². The third-order valence-electron chi connectivity index (χ3n) is 5.46. The van der Waals surface area contributed by atoms with Crippen molar-refractivity contribution in [2.24, 2.45) is 5.92 Å². The number of hydrogen-bond acceptors (Lipinski definition) is 5. The molecule has 3 rings (SSSR count). The van der Waals surface area contributed by atoms with Crippen LogP contribution in [0.15, 0.2) is 54.6 Å². The van der Waals surface area contributed by atoms with Gasteiger partial charge >= 0.3 is 0 Å². The molecule has 2 aromatic carbocycles. The molecule has 0 radical (unpaired) electrons. The SMILES string of the molecule is COc1ccc(Cn2nc(COC(C)(C)C(C)=O)cc2-c2cccc(OCC(C)C)c2)cc1. The van der Waals surface area contributed by atoms with Crippen LogP contribution in [0.1, 0.15) is 45.9 Å². The minimum atomic E-state index is -0.857. The highest BCUT2D eigenvalue weighted by molar-refractivity contribution is 5.83. The molecule has 0 fully saturated rings. The lowest BCUT2D eigenvalue weighted by Crippen LogP contribution is -2.32. The van der Waals surface area contributed by atoms with Gasteiger partial charge in [0.1, 0.15) is 17.1 Å². The first kappa shape index (κ1) is 24.5. The van der Waals surface area contributed by atoms with E-state index in [2.05, 4.69) is 13.8 Å². The molecule has 0 atom stereocenters. The van der Waals surface area contributed by atoms with Crippen molar-refractivity contribution in [1.82, 2.24) is 9.78 Å². The van der Waals surface area contributed by atoms with Gasteiger partial charge in [0.05, 0.1) is 38.3 Å². The van der Waals surface area contributed by atoms with E-state index >= 15 is 0 Å². The van der Waals surface area contributed by atoms with Crippen LogP contribution < -0.4 is 9.47 Å². The molecule has 33 heavy (non-hydrogen) atoms. The molecule has 0 saturated heterocycles. The Kier molecular flexibility index (Phi) is 7.92. The molecule has 176 valence electrons. The molecule has 0 bridgehead atoms. The molecule has 0 aliphatic rings. The van der Waals surface area contributed by atoms with E-state index < -0.39 is 5.60 Å². The molecular formula is C27H34N2O4. The lowest BCUT2D eigenvalue weighted by atomic mass is 10.1. The minimum absolute atomic E-state index is 0.0182. The van der Waals surface area contributed by atoms with Crippen LogP contribution in [0, 0.1) is 5.92 Å². The van der Waals surface area contributed by atoms with Gasteiger partial charge in [0.2, 0.25) is 0 Å². The summed E-state index contributed by atoms with van der Waals surface area (Å²) in [6.07, 6.45) is 0. The summed E-state index contributed by atoms with van der Waals surface area (Å²) in [5.74, 6) is 2.07. The Morgan fingerprint density at radius 3 is 2.42 bits per heavy atom. The summed E-state index contributed by atoms with van der Waals surface area (Å²) < 4.78 is 19.0. The number of ketones is 1. The largest absolute Gasteiger partial charge is 0.497 e. The molecule has 0 amide bonds. The molecule has 0 unspecified atom stereocenters. The van der Waals surface area contributed by atoms with Crippen molar-refractivity contribution in [2.45, 2.75) is 53.4 Å². The highest BCUT2D eigenvalue weighted by Gasteiger charge is 2.25. The number of carbonyl (C=O) groups is 1. The Bertz CT molecular complexity index is 1070. The number of nitrogens with zero attached hydrogens (tertiary/aromatic N) is 2. The van der Waals surface area contributed by atoms with Gasteiger partial charge in [-0.3, -0.25) is 9.48 Å². The third kappa shape index (κ3) is 6.68. The highest BCUT2D eigenvalue weighted by atomic mass is 16.5. The number of rotatable bonds is 11. The van der Waals surface area contributed by atoms with E-state index in [1.54, 1.807) is 21.0 Å². The summed E-state index contributed by atoms with van der Waals surface area (Å²) in [5.41, 5.74) is 2.98. The number of aromatic nitrogens is 2. The van der Waals surface area contributed by atoms with Gasteiger partial charge in [-0.2, -0.15) is 5.10 Å². The highest BCUT2D eigenvalue weighted by Crippen LogP contribution is 2.27. The van der Waals surface area contributed by atoms with Gasteiger partial charge in [-0.05, 0) is 62.6 Å². The van der Waals surface area contributed by atoms with E-state index in [1.165, 1.54) is 6.92 Å². The summed E-state index contributed by atoms with van der Waals surface area (Å²) in [5, 5.41) is 4.80. The molecule has 1 heterocycles. The first-order chi connectivity index (χ1) is 15.7. The fourth-order valence-electron chi connectivity index (χ4n) is 3.16. The van der Waals surface area contributed by atoms with Gasteiger partial charge in [-0.25, -0.2) is 0 Å². The number of Topliss-reactive ketones (excluding diaryl/α,β-unsaturated/α-hetero) is 1. The first-order valence-corrected chi connectivity index (χ1v) is 11.3. The van der Waals surface area contributed by atoms with E-state index in [0.29, 0.717) is 19.1 Å². The molecule has 6 heteroatoms.